The fourth-order valence-electron chi connectivity index (χ4n) is 2.59. The molecule has 1 aromatic carbocycles. The lowest BCUT2D eigenvalue weighted by molar-refractivity contribution is -0.115. The summed E-state index contributed by atoms with van der Waals surface area (Å²) >= 11 is 0. The minimum atomic E-state index is -0.959. The SMILES string of the molecule is O=C(Cc1ccc(F)c(F)c1)Nc1ccc(N2CCNCC2)cn1. The number of carbonyl (C=O) groups is 1. The number of pyridine rings is 1. The Morgan fingerprint density at radius 2 is 1.96 bits per heavy atom. The van der Waals surface area contributed by atoms with Crippen molar-refractivity contribution >= 4 is 17.4 Å². The van der Waals surface area contributed by atoms with E-state index < -0.39 is 11.6 Å². The fourth-order valence-corrected chi connectivity index (χ4v) is 2.59. The molecule has 24 heavy (non-hydrogen) atoms. The molecule has 1 fully saturated rings. The predicted octanol–water partition coefficient (Wildman–Crippen LogP) is 1.95. The second-order valence-corrected chi connectivity index (χ2v) is 5.61. The Morgan fingerprint density at radius 1 is 1.17 bits per heavy atom. The first-order chi connectivity index (χ1) is 11.6. The van der Waals surface area contributed by atoms with Gasteiger partial charge < -0.3 is 15.5 Å². The minimum Gasteiger partial charge on any atom is -0.368 e. The van der Waals surface area contributed by atoms with Gasteiger partial charge in [0.1, 0.15) is 5.82 Å². The second-order valence-electron chi connectivity index (χ2n) is 5.61. The summed E-state index contributed by atoms with van der Waals surface area (Å²) in [5.74, 6) is -1.78. The van der Waals surface area contributed by atoms with Crippen molar-refractivity contribution in [2.75, 3.05) is 36.4 Å². The molecule has 1 aliphatic heterocycles. The van der Waals surface area contributed by atoms with Crippen LogP contribution in [0.3, 0.4) is 0 Å². The van der Waals surface area contributed by atoms with Crippen LogP contribution in [0.2, 0.25) is 0 Å². The highest BCUT2D eigenvalue weighted by molar-refractivity contribution is 5.91. The molecule has 0 saturated carbocycles. The summed E-state index contributed by atoms with van der Waals surface area (Å²) in [5.41, 5.74) is 1.42. The highest BCUT2D eigenvalue weighted by atomic mass is 19.2. The van der Waals surface area contributed by atoms with Gasteiger partial charge in [-0.1, -0.05) is 6.07 Å². The number of benzene rings is 1. The van der Waals surface area contributed by atoms with Crippen LogP contribution >= 0.6 is 0 Å². The Kier molecular flexibility index (Phi) is 5.00. The number of rotatable bonds is 4. The lowest BCUT2D eigenvalue weighted by atomic mass is 10.1. The maximum atomic E-state index is 13.1. The molecule has 1 saturated heterocycles. The molecule has 0 radical (unpaired) electrons. The van der Waals surface area contributed by atoms with Gasteiger partial charge in [0.25, 0.3) is 0 Å². The quantitative estimate of drug-likeness (QED) is 0.899. The Hall–Kier alpha value is -2.54. The molecule has 5 nitrogen and oxygen atoms in total. The first-order valence-electron chi connectivity index (χ1n) is 7.77. The molecule has 126 valence electrons. The highest BCUT2D eigenvalue weighted by Gasteiger charge is 2.12. The monoisotopic (exact) mass is 332 g/mol. The maximum absolute atomic E-state index is 13.1. The lowest BCUT2D eigenvalue weighted by Crippen LogP contribution is -2.43. The van der Waals surface area contributed by atoms with E-state index >= 15 is 0 Å². The summed E-state index contributed by atoms with van der Waals surface area (Å²) in [7, 11) is 0. The van der Waals surface area contributed by atoms with Crippen LogP contribution in [-0.2, 0) is 11.2 Å². The molecule has 1 aliphatic rings. The van der Waals surface area contributed by atoms with Crippen LogP contribution in [0.15, 0.2) is 36.5 Å². The number of piperazine rings is 1. The molecule has 3 rings (SSSR count). The summed E-state index contributed by atoms with van der Waals surface area (Å²) in [6, 6.07) is 7.07. The van der Waals surface area contributed by atoms with Gasteiger partial charge in [-0.05, 0) is 29.8 Å². The van der Waals surface area contributed by atoms with Crippen molar-refractivity contribution in [1.29, 1.82) is 0 Å². The summed E-state index contributed by atoms with van der Waals surface area (Å²) in [5, 5.41) is 5.94. The molecule has 1 amide bonds. The predicted molar refractivity (Wildman–Crippen MR) is 88.0 cm³/mol. The van der Waals surface area contributed by atoms with E-state index in [0.717, 1.165) is 44.0 Å². The van der Waals surface area contributed by atoms with Gasteiger partial charge in [-0.2, -0.15) is 0 Å². The highest BCUT2D eigenvalue weighted by Crippen LogP contribution is 2.16. The van der Waals surface area contributed by atoms with Crippen LogP contribution in [0.1, 0.15) is 5.56 Å². The van der Waals surface area contributed by atoms with Crippen molar-refractivity contribution in [2.24, 2.45) is 0 Å². The molecule has 2 heterocycles. The van der Waals surface area contributed by atoms with Crippen LogP contribution in [0.5, 0.6) is 0 Å². The number of amides is 1. The third kappa shape index (κ3) is 4.05. The number of nitrogens with zero attached hydrogens (tertiary/aromatic N) is 2. The molecule has 0 unspecified atom stereocenters. The maximum Gasteiger partial charge on any atom is 0.229 e. The first-order valence-corrected chi connectivity index (χ1v) is 7.77. The van der Waals surface area contributed by atoms with Crippen molar-refractivity contribution in [1.82, 2.24) is 10.3 Å². The molecule has 0 spiro atoms. The standard InChI is InChI=1S/C17H18F2N4O/c18-14-3-1-12(9-15(14)19)10-17(24)22-16-4-2-13(11-21-16)23-7-5-20-6-8-23/h1-4,9,11,20H,5-8,10H2,(H,21,22,24). The average molecular weight is 332 g/mol. The largest absolute Gasteiger partial charge is 0.368 e. The Morgan fingerprint density at radius 3 is 2.62 bits per heavy atom. The Balaban J connectivity index is 1.58. The number of aromatic nitrogens is 1. The van der Waals surface area contributed by atoms with Gasteiger partial charge >= 0.3 is 0 Å². The zero-order valence-electron chi connectivity index (χ0n) is 13.1. The van der Waals surface area contributed by atoms with Gasteiger partial charge in [0.05, 0.1) is 18.3 Å². The van der Waals surface area contributed by atoms with Crippen molar-refractivity contribution in [2.45, 2.75) is 6.42 Å². The number of nitrogens with one attached hydrogen (secondary N) is 2. The van der Waals surface area contributed by atoms with Crippen LogP contribution in [-0.4, -0.2) is 37.1 Å². The summed E-state index contributed by atoms with van der Waals surface area (Å²) in [6.45, 7) is 3.71. The topological polar surface area (TPSA) is 57.3 Å². The summed E-state index contributed by atoms with van der Waals surface area (Å²) in [6.07, 6.45) is 1.68. The number of anilines is 2. The van der Waals surface area contributed by atoms with Crippen LogP contribution < -0.4 is 15.5 Å². The molecule has 0 aliphatic carbocycles. The van der Waals surface area contributed by atoms with E-state index in [4.69, 9.17) is 0 Å². The van der Waals surface area contributed by atoms with Crippen molar-refractivity contribution < 1.29 is 13.6 Å². The number of hydrogen-bond donors (Lipinski definition) is 2. The van der Waals surface area contributed by atoms with Gasteiger partial charge in [0.2, 0.25) is 5.91 Å². The number of halogens is 2. The molecular formula is C17H18F2N4O. The van der Waals surface area contributed by atoms with Gasteiger partial charge in [-0.15, -0.1) is 0 Å². The van der Waals surface area contributed by atoms with E-state index in [0.29, 0.717) is 11.4 Å². The third-order valence-corrected chi connectivity index (χ3v) is 3.85. The molecule has 2 N–H and O–H groups in total. The minimum absolute atomic E-state index is 0.0432. The first kappa shape index (κ1) is 16.3. The van der Waals surface area contributed by atoms with E-state index in [1.807, 2.05) is 6.07 Å². The zero-order valence-corrected chi connectivity index (χ0v) is 13.1. The van der Waals surface area contributed by atoms with Crippen LogP contribution in [0.4, 0.5) is 20.3 Å². The smallest absolute Gasteiger partial charge is 0.229 e. The van der Waals surface area contributed by atoms with E-state index in [2.05, 4.69) is 20.5 Å². The molecule has 1 aromatic heterocycles. The van der Waals surface area contributed by atoms with E-state index in [-0.39, 0.29) is 12.3 Å². The Bertz CT molecular complexity index is 715. The Labute approximate surface area is 138 Å². The zero-order chi connectivity index (χ0) is 16.9. The molecule has 7 heteroatoms. The average Bonchev–Trinajstić information content (AvgIpc) is 2.59. The molecule has 0 atom stereocenters. The lowest BCUT2D eigenvalue weighted by Gasteiger charge is -2.29. The number of carbonyl (C=O) groups excluding carboxylic acids is 1. The molecule has 2 aromatic rings. The molecule has 0 bridgehead atoms. The van der Waals surface area contributed by atoms with Crippen molar-refractivity contribution in [3.05, 3.63) is 53.7 Å². The normalized spacial score (nSPS) is 14.5. The van der Waals surface area contributed by atoms with Gasteiger partial charge in [-0.3, -0.25) is 4.79 Å². The van der Waals surface area contributed by atoms with Gasteiger partial charge in [0, 0.05) is 26.2 Å². The third-order valence-electron chi connectivity index (χ3n) is 3.85. The summed E-state index contributed by atoms with van der Waals surface area (Å²) < 4.78 is 26.0. The van der Waals surface area contributed by atoms with E-state index in [9.17, 15) is 13.6 Å². The molecular weight excluding hydrogens is 314 g/mol. The van der Waals surface area contributed by atoms with Gasteiger partial charge in [0.15, 0.2) is 11.6 Å². The van der Waals surface area contributed by atoms with Crippen molar-refractivity contribution in [3.8, 4) is 0 Å². The van der Waals surface area contributed by atoms with E-state index in [1.54, 1.807) is 12.3 Å². The van der Waals surface area contributed by atoms with Gasteiger partial charge in [-0.25, -0.2) is 13.8 Å². The van der Waals surface area contributed by atoms with Crippen LogP contribution in [0.25, 0.3) is 0 Å². The number of hydrogen-bond acceptors (Lipinski definition) is 4. The van der Waals surface area contributed by atoms with Crippen molar-refractivity contribution in [3.63, 3.8) is 0 Å². The van der Waals surface area contributed by atoms with E-state index in [1.165, 1.54) is 6.07 Å². The summed E-state index contributed by atoms with van der Waals surface area (Å²) in [4.78, 5) is 18.4. The van der Waals surface area contributed by atoms with Crippen LogP contribution in [0, 0.1) is 11.6 Å². The second kappa shape index (κ2) is 7.35. The fraction of sp³-hybridized carbons (Fsp3) is 0.294.